The van der Waals surface area contributed by atoms with Gasteiger partial charge in [0, 0.05) is 0 Å². The third kappa shape index (κ3) is 1.81. The second-order valence-electron chi connectivity index (χ2n) is 2.77. The molecule has 0 aromatic heterocycles. The summed E-state index contributed by atoms with van der Waals surface area (Å²) in [7, 11) is 0. The second kappa shape index (κ2) is 3.54. The molecule has 1 aromatic rings. The molecule has 0 bridgehead atoms. The van der Waals surface area contributed by atoms with Crippen LogP contribution in [0.4, 0.5) is 0 Å². The van der Waals surface area contributed by atoms with Crippen LogP contribution in [0.25, 0.3) is 0 Å². The van der Waals surface area contributed by atoms with Gasteiger partial charge in [0.2, 0.25) is 0 Å². The minimum Gasteiger partial charge on any atom is -0.392 e. The normalized spacial score (nSPS) is 10.1. The summed E-state index contributed by atoms with van der Waals surface area (Å²) in [5.74, 6) is 0. The van der Waals surface area contributed by atoms with E-state index in [-0.39, 0.29) is 6.61 Å². The Balaban J connectivity index is 3.02. The number of benzene rings is 1. The van der Waals surface area contributed by atoms with Crippen LogP contribution in [0.1, 0.15) is 23.6 Å². The van der Waals surface area contributed by atoms with E-state index in [0.29, 0.717) is 0 Å². The van der Waals surface area contributed by atoms with Gasteiger partial charge < -0.3 is 5.11 Å². The molecular weight excluding hydrogens is 136 g/mol. The average Bonchev–Trinajstić information content (AvgIpc) is 2.05. The van der Waals surface area contributed by atoms with Crippen molar-refractivity contribution in [3.05, 3.63) is 34.9 Å². The van der Waals surface area contributed by atoms with Gasteiger partial charge in [-0.2, -0.15) is 0 Å². The van der Waals surface area contributed by atoms with Crippen molar-refractivity contribution in [2.24, 2.45) is 0 Å². The predicted molar refractivity (Wildman–Crippen MR) is 46.5 cm³/mol. The molecular formula is C10H14O. The van der Waals surface area contributed by atoms with Gasteiger partial charge in [-0.05, 0) is 30.0 Å². The van der Waals surface area contributed by atoms with Gasteiger partial charge in [-0.15, -0.1) is 0 Å². The Morgan fingerprint density at radius 2 is 2.09 bits per heavy atom. The Labute approximate surface area is 67.7 Å². The minimum atomic E-state index is 0.152. The summed E-state index contributed by atoms with van der Waals surface area (Å²) in [5, 5.41) is 8.94. The molecule has 0 saturated heterocycles. The monoisotopic (exact) mass is 150 g/mol. The number of aryl methyl sites for hydroxylation is 2. The van der Waals surface area contributed by atoms with E-state index >= 15 is 0 Å². The highest BCUT2D eigenvalue weighted by molar-refractivity contribution is 5.30. The maximum atomic E-state index is 8.94. The Morgan fingerprint density at radius 3 is 2.64 bits per heavy atom. The van der Waals surface area contributed by atoms with Crippen LogP contribution < -0.4 is 0 Å². The van der Waals surface area contributed by atoms with Crippen molar-refractivity contribution in [1.82, 2.24) is 0 Å². The molecule has 1 nitrogen and oxygen atoms in total. The lowest BCUT2D eigenvalue weighted by Crippen LogP contribution is -1.90. The van der Waals surface area contributed by atoms with Crippen LogP contribution in [0, 0.1) is 6.92 Å². The highest BCUT2D eigenvalue weighted by Crippen LogP contribution is 2.11. The fourth-order valence-electron chi connectivity index (χ4n) is 1.12. The Kier molecular flexibility index (Phi) is 2.66. The summed E-state index contributed by atoms with van der Waals surface area (Å²) in [4.78, 5) is 0. The van der Waals surface area contributed by atoms with E-state index < -0.39 is 0 Å². The molecule has 0 atom stereocenters. The lowest BCUT2D eigenvalue weighted by Gasteiger charge is -2.03. The third-order valence-electron chi connectivity index (χ3n) is 1.99. The highest BCUT2D eigenvalue weighted by Gasteiger charge is 1.96. The molecule has 1 rings (SSSR count). The molecule has 0 unspecified atom stereocenters. The zero-order valence-electron chi connectivity index (χ0n) is 7.09. The fraction of sp³-hybridized carbons (Fsp3) is 0.400. The maximum absolute atomic E-state index is 8.94. The van der Waals surface area contributed by atoms with Crippen LogP contribution in [-0.2, 0) is 13.0 Å². The van der Waals surface area contributed by atoms with Crippen LogP contribution >= 0.6 is 0 Å². The van der Waals surface area contributed by atoms with Crippen LogP contribution in [0.2, 0.25) is 0 Å². The van der Waals surface area contributed by atoms with Crippen molar-refractivity contribution in [3.8, 4) is 0 Å². The molecule has 60 valence electrons. The first-order valence-electron chi connectivity index (χ1n) is 3.97. The van der Waals surface area contributed by atoms with Crippen LogP contribution in [-0.4, -0.2) is 5.11 Å². The van der Waals surface area contributed by atoms with Crippen LogP contribution in [0.15, 0.2) is 18.2 Å². The van der Waals surface area contributed by atoms with E-state index in [1.807, 2.05) is 6.92 Å². The molecule has 0 fully saturated rings. The SMILES string of the molecule is CCc1ccc(C)c(CO)c1. The lowest BCUT2D eigenvalue weighted by molar-refractivity contribution is 0.281. The largest absolute Gasteiger partial charge is 0.392 e. The summed E-state index contributed by atoms with van der Waals surface area (Å²) >= 11 is 0. The number of rotatable bonds is 2. The van der Waals surface area contributed by atoms with Gasteiger partial charge in [-0.1, -0.05) is 25.1 Å². The van der Waals surface area contributed by atoms with Gasteiger partial charge in [0.25, 0.3) is 0 Å². The molecule has 0 amide bonds. The summed E-state index contributed by atoms with van der Waals surface area (Å²) in [6.45, 7) is 4.29. The van der Waals surface area contributed by atoms with E-state index in [4.69, 9.17) is 5.11 Å². The first-order valence-corrected chi connectivity index (χ1v) is 3.97. The second-order valence-corrected chi connectivity index (χ2v) is 2.77. The van der Waals surface area contributed by atoms with Gasteiger partial charge in [-0.25, -0.2) is 0 Å². The first kappa shape index (κ1) is 8.28. The van der Waals surface area contributed by atoms with E-state index in [2.05, 4.69) is 25.1 Å². The maximum Gasteiger partial charge on any atom is 0.0684 e. The number of hydrogen-bond acceptors (Lipinski definition) is 1. The number of aliphatic hydroxyl groups excluding tert-OH is 1. The standard InChI is InChI=1S/C10H14O/c1-3-9-5-4-8(2)10(6-9)7-11/h4-6,11H,3,7H2,1-2H3. The van der Waals surface area contributed by atoms with Crippen molar-refractivity contribution in [2.45, 2.75) is 26.9 Å². The molecule has 1 aromatic carbocycles. The summed E-state index contributed by atoms with van der Waals surface area (Å²) in [5.41, 5.74) is 3.51. The molecule has 0 aliphatic heterocycles. The van der Waals surface area contributed by atoms with Crippen LogP contribution in [0.5, 0.6) is 0 Å². The molecule has 0 aliphatic carbocycles. The number of hydrogen-bond donors (Lipinski definition) is 1. The summed E-state index contributed by atoms with van der Waals surface area (Å²) in [6.07, 6.45) is 1.04. The zero-order valence-corrected chi connectivity index (χ0v) is 7.09. The van der Waals surface area contributed by atoms with Crippen molar-refractivity contribution >= 4 is 0 Å². The van der Waals surface area contributed by atoms with E-state index in [0.717, 1.165) is 12.0 Å². The van der Waals surface area contributed by atoms with Crippen molar-refractivity contribution in [3.63, 3.8) is 0 Å². The molecule has 1 heteroatoms. The van der Waals surface area contributed by atoms with Gasteiger partial charge in [0.15, 0.2) is 0 Å². The lowest BCUT2D eigenvalue weighted by atomic mass is 10.0. The Bertz CT molecular complexity index is 241. The fourth-order valence-corrected chi connectivity index (χ4v) is 1.12. The van der Waals surface area contributed by atoms with E-state index in [1.165, 1.54) is 11.1 Å². The molecule has 0 aliphatic rings. The molecule has 0 spiro atoms. The molecule has 11 heavy (non-hydrogen) atoms. The van der Waals surface area contributed by atoms with Gasteiger partial charge in [0.05, 0.1) is 6.61 Å². The highest BCUT2D eigenvalue weighted by atomic mass is 16.3. The van der Waals surface area contributed by atoms with Gasteiger partial charge in [-0.3, -0.25) is 0 Å². The van der Waals surface area contributed by atoms with Crippen molar-refractivity contribution in [2.75, 3.05) is 0 Å². The quantitative estimate of drug-likeness (QED) is 0.684. The molecule has 0 heterocycles. The topological polar surface area (TPSA) is 20.2 Å². The van der Waals surface area contributed by atoms with Crippen LogP contribution in [0.3, 0.4) is 0 Å². The molecule has 0 radical (unpaired) electrons. The first-order chi connectivity index (χ1) is 5.27. The minimum absolute atomic E-state index is 0.152. The van der Waals surface area contributed by atoms with Gasteiger partial charge >= 0.3 is 0 Å². The zero-order chi connectivity index (χ0) is 8.27. The predicted octanol–water partition coefficient (Wildman–Crippen LogP) is 2.05. The van der Waals surface area contributed by atoms with E-state index in [1.54, 1.807) is 0 Å². The molecule has 0 saturated carbocycles. The summed E-state index contributed by atoms with van der Waals surface area (Å²) in [6, 6.07) is 6.23. The van der Waals surface area contributed by atoms with Gasteiger partial charge in [0.1, 0.15) is 0 Å². The number of aliphatic hydroxyl groups is 1. The van der Waals surface area contributed by atoms with Crippen molar-refractivity contribution < 1.29 is 5.11 Å². The Morgan fingerprint density at radius 1 is 1.36 bits per heavy atom. The smallest absolute Gasteiger partial charge is 0.0684 e. The summed E-state index contributed by atoms with van der Waals surface area (Å²) < 4.78 is 0. The van der Waals surface area contributed by atoms with Crippen molar-refractivity contribution in [1.29, 1.82) is 0 Å². The Hall–Kier alpha value is -0.820. The third-order valence-corrected chi connectivity index (χ3v) is 1.99. The van der Waals surface area contributed by atoms with E-state index in [9.17, 15) is 0 Å². The molecule has 1 N–H and O–H groups in total. The average molecular weight is 150 g/mol.